The quantitative estimate of drug-likeness (QED) is 0.887. The first-order valence-electron chi connectivity index (χ1n) is 6.21. The number of rotatable bonds is 5. The van der Waals surface area contributed by atoms with Crippen molar-refractivity contribution in [1.29, 1.82) is 0 Å². The number of benzene rings is 1. The number of nitrogens with zero attached hydrogens (tertiary/aromatic N) is 1. The second-order valence-corrected chi connectivity index (χ2v) is 5.61. The van der Waals surface area contributed by atoms with E-state index in [1.165, 1.54) is 6.07 Å². The molecular weight excluding hydrogens is 251 g/mol. The zero-order valence-corrected chi connectivity index (χ0v) is 12.3. The van der Waals surface area contributed by atoms with Crippen molar-refractivity contribution in [2.24, 2.45) is 5.73 Å². The van der Waals surface area contributed by atoms with E-state index in [0.717, 1.165) is 12.0 Å². The lowest BCUT2D eigenvalue weighted by molar-refractivity contribution is 0.100. The summed E-state index contributed by atoms with van der Waals surface area (Å²) < 4.78 is 13.5. The maximum Gasteiger partial charge on any atom is 0.142 e. The van der Waals surface area contributed by atoms with Crippen LogP contribution in [0.1, 0.15) is 38.8 Å². The fourth-order valence-corrected chi connectivity index (χ4v) is 2.03. The van der Waals surface area contributed by atoms with E-state index in [0.29, 0.717) is 6.54 Å². The van der Waals surface area contributed by atoms with E-state index in [1.54, 1.807) is 6.07 Å². The van der Waals surface area contributed by atoms with Crippen molar-refractivity contribution in [1.82, 2.24) is 4.90 Å². The summed E-state index contributed by atoms with van der Waals surface area (Å²) in [6, 6.07) is 4.89. The first-order valence-corrected chi connectivity index (χ1v) is 6.59. The minimum absolute atomic E-state index is 0.00767. The average molecular weight is 273 g/mol. The van der Waals surface area contributed by atoms with Gasteiger partial charge in [0.15, 0.2) is 0 Å². The van der Waals surface area contributed by atoms with Crippen molar-refractivity contribution in [3.8, 4) is 0 Å². The molecule has 0 spiro atoms. The fraction of sp³-hybridized carbons (Fsp3) is 0.571. The molecule has 0 radical (unpaired) electrons. The molecule has 0 aliphatic rings. The van der Waals surface area contributed by atoms with Crippen molar-refractivity contribution < 1.29 is 4.39 Å². The molecule has 2 nitrogen and oxygen atoms in total. The van der Waals surface area contributed by atoms with Crippen LogP contribution in [0, 0.1) is 5.82 Å². The number of hydrogen-bond acceptors (Lipinski definition) is 2. The van der Waals surface area contributed by atoms with E-state index in [9.17, 15) is 4.39 Å². The van der Waals surface area contributed by atoms with Gasteiger partial charge in [-0.25, -0.2) is 4.39 Å². The molecule has 2 N–H and O–H groups in total. The van der Waals surface area contributed by atoms with Gasteiger partial charge in [0.1, 0.15) is 5.82 Å². The third kappa shape index (κ3) is 3.22. The van der Waals surface area contributed by atoms with Crippen molar-refractivity contribution >= 4 is 11.6 Å². The van der Waals surface area contributed by atoms with Gasteiger partial charge in [-0.1, -0.05) is 24.6 Å². The van der Waals surface area contributed by atoms with E-state index < -0.39 is 5.82 Å². The maximum absolute atomic E-state index is 13.5. The largest absolute Gasteiger partial charge is 0.329 e. The Balaban J connectivity index is 3.06. The number of nitrogens with two attached hydrogens (primary N) is 1. The Morgan fingerprint density at radius 1 is 1.44 bits per heavy atom. The second kappa shape index (κ2) is 6.00. The molecule has 0 fully saturated rings. The summed E-state index contributed by atoms with van der Waals surface area (Å²) in [6.45, 7) is 6.89. The summed E-state index contributed by atoms with van der Waals surface area (Å²) in [4.78, 5) is 2.19. The lowest BCUT2D eigenvalue weighted by atomic mass is 9.95. The molecule has 0 aromatic heterocycles. The zero-order valence-electron chi connectivity index (χ0n) is 11.5. The summed E-state index contributed by atoms with van der Waals surface area (Å²) >= 11 is 5.71. The summed E-state index contributed by atoms with van der Waals surface area (Å²) in [7, 11) is 2.02. The maximum atomic E-state index is 13.5. The predicted molar refractivity (Wildman–Crippen MR) is 75.3 cm³/mol. The van der Waals surface area contributed by atoms with Crippen LogP contribution in [0.15, 0.2) is 18.2 Å². The van der Waals surface area contributed by atoms with Gasteiger partial charge >= 0.3 is 0 Å². The molecule has 1 unspecified atom stereocenters. The molecule has 4 heteroatoms. The molecule has 1 atom stereocenters. The van der Waals surface area contributed by atoms with Crippen molar-refractivity contribution in [2.75, 3.05) is 13.6 Å². The normalized spacial score (nSPS) is 14.0. The standard InChI is InChI=1S/C14H22ClFN2/c1-5-14(2,3)18(4)13(9-17)10-6-7-11(15)12(16)8-10/h6-8,13H,5,9,17H2,1-4H3. The third-order valence-electron chi connectivity index (χ3n) is 3.84. The Morgan fingerprint density at radius 2 is 2.06 bits per heavy atom. The van der Waals surface area contributed by atoms with Gasteiger partial charge in [0.25, 0.3) is 0 Å². The Bertz CT molecular complexity index is 407. The number of hydrogen-bond donors (Lipinski definition) is 1. The van der Waals surface area contributed by atoms with Crippen molar-refractivity contribution in [3.05, 3.63) is 34.6 Å². The van der Waals surface area contributed by atoms with Crippen LogP contribution in [0.2, 0.25) is 5.02 Å². The van der Waals surface area contributed by atoms with Gasteiger partial charge in [-0.15, -0.1) is 0 Å². The SMILES string of the molecule is CCC(C)(C)N(C)C(CN)c1ccc(Cl)c(F)c1. The van der Waals surface area contributed by atoms with Crippen LogP contribution in [0.3, 0.4) is 0 Å². The second-order valence-electron chi connectivity index (χ2n) is 5.20. The summed E-state index contributed by atoms with van der Waals surface area (Å²) in [6.07, 6.45) is 0.996. The fourth-order valence-electron chi connectivity index (χ4n) is 1.91. The Kier molecular flexibility index (Phi) is 5.14. The van der Waals surface area contributed by atoms with E-state index in [-0.39, 0.29) is 16.6 Å². The molecule has 0 bridgehead atoms. The molecular formula is C14H22ClFN2. The van der Waals surface area contributed by atoms with Crippen LogP contribution in [0.25, 0.3) is 0 Å². The lowest BCUT2D eigenvalue weighted by Gasteiger charge is -2.40. The molecule has 0 aliphatic carbocycles. The van der Waals surface area contributed by atoms with Gasteiger partial charge in [0, 0.05) is 18.1 Å². The Morgan fingerprint density at radius 3 is 2.50 bits per heavy atom. The number of likely N-dealkylation sites (N-methyl/N-ethyl adjacent to an activating group) is 1. The van der Waals surface area contributed by atoms with Crippen LogP contribution < -0.4 is 5.73 Å². The van der Waals surface area contributed by atoms with Gasteiger partial charge in [0.2, 0.25) is 0 Å². The molecule has 0 amide bonds. The Hall–Kier alpha value is -0.640. The van der Waals surface area contributed by atoms with Crippen LogP contribution in [0.4, 0.5) is 4.39 Å². The molecule has 0 saturated heterocycles. The van der Waals surface area contributed by atoms with Crippen LogP contribution in [-0.4, -0.2) is 24.0 Å². The van der Waals surface area contributed by atoms with Gasteiger partial charge in [-0.2, -0.15) is 0 Å². The third-order valence-corrected chi connectivity index (χ3v) is 4.15. The molecule has 0 heterocycles. The Labute approximate surface area is 114 Å². The highest BCUT2D eigenvalue weighted by molar-refractivity contribution is 6.30. The van der Waals surface area contributed by atoms with E-state index in [4.69, 9.17) is 17.3 Å². The van der Waals surface area contributed by atoms with Crippen LogP contribution >= 0.6 is 11.6 Å². The summed E-state index contributed by atoms with van der Waals surface area (Å²) in [5, 5.41) is 0.145. The average Bonchev–Trinajstić information content (AvgIpc) is 2.34. The molecule has 1 rings (SSSR count). The topological polar surface area (TPSA) is 29.3 Å². The molecule has 1 aromatic carbocycles. The lowest BCUT2D eigenvalue weighted by Crippen LogP contribution is -2.45. The molecule has 1 aromatic rings. The highest BCUT2D eigenvalue weighted by Crippen LogP contribution is 2.29. The summed E-state index contributed by atoms with van der Waals surface area (Å²) in [5.74, 6) is -0.393. The van der Waals surface area contributed by atoms with Gasteiger partial charge in [-0.3, -0.25) is 4.90 Å². The highest BCUT2D eigenvalue weighted by atomic mass is 35.5. The van der Waals surface area contributed by atoms with Crippen molar-refractivity contribution in [2.45, 2.75) is 38.8 Å². The van der Waals surface area contributed by atoms with E-state index in [1.807, 2.05) is 13.1 Å². The van der Waals surface area contributed by atoms with E-state index >= 15 is 0 Å². The first kappa shape index (κ1) is 15.4. The monoisotopic (exact) mass is 272 g/mol. The smallest absolute Gasteiger partial charge is 0.142 e. The zero-order chi connectivity index (χ0) is 13.9. The highest BCUT2D eigenvalue weighted by Gasteiger charge is 2.28. The predicted octanol–water partition coefficient (Wildman–Crippen LogP) is 3.60. The van der Waals surface area contributed by atoms with Gasteiger partial charge < -0.3 is 5.73 Å². The van der Waals surface area contributed by atoms with Crippen LogP contribution in [0.5, 0.6) is 0 Å². The summed E-state index contributed by atoms with van der Waals surface area (Å²) in [5.41, 5.74) is 6.73. The first-order chi connectivity index (χ1) is 8.33. The van der Waals surface area contributed by atoms with Gasteiger partial charge in [0.05, 0.1) is 5.02 Å². The molecule has 0 saturated carbocycles. The minimum Gasteiger partial charge on any atom is -0.329 e. The molecule has 18 heavy (non-hydrogen) atoms. The number of halogens is 2. The van der Waals surface area contributed by atoms with E-state index in [2.05, 4.69) is 25.7 Å². The van der Waals surface area contributed by atoms with Crippen LogP contribution in [-0.2, 0) is 0 Å². The minimum atomic E-state index is -0.393. The van der Waals surface area contributed by atoms with Gasteiger partial charge in [-0.05, 0) is 45.0 Å². The van der Waals surface area contributed by atoms with Crippen molar-refractivity contribution in [3.63, 3.8) is 0 Å². The molecule has 102 valence electrons. The molecule has 0 aliphatic heterocycles.